The third-order valence-electron chi connectivity index (χ3n) is 3.65. The van der Waals surface area contributed by atoms with Crippen LogP contribution in [-0.2, 0) is 4.57 Å². The third-order valence-corrected chi connectivity index (χ3v) is 6.88. The molecular weight excluding hydrogens is 347 g/mol. The minimum atomic E-state index is -3.07. The Morgan fingerprint density at radius 3 is 2.08 bits per heavy atom. The summed E-state index contributed by atoms with van der Waals surface area (Å²) in [7, 11) is -3.07. The normalized spacial score (nSPS) is 12.6. The van der Waals surface area contributed by atoms with E-state index in [1.54, 1.807) is 17.6 Å². The second-order valence-electron chi connectivity index (χ2n) is 5.67. The number of allylic oxidation sites excluding steroid dienone is 1. The van der Waals surface area contributed by atoms with Crippen molar-refractivity contribution in [3.8, 4) is 0 Å². The van der Waals surface area contributed by atoms with Crippen LogP contribution in [0.4, 0.5) is 0 Å². The number of hydrogen-bond donors (Lipinski definition) is 0. The zero-order valence-corrected chi connectivity index (χ0v) is 15.9. The van der Waals surface area contributed by atoms with E-state index in [-0.39, 0.29) is 0 Å². The maximum atomic E-state index is 13.7. The minimum Gasteiger partial charge on any atom is -0.288 e. The highest BCUT2D eigenvalue weighted by atomic mass is 32.1. The van der Waals surface area contributed by atoms with E-state index < -0.39 is 7.29 Å². The predicted octanol–water partition coefficient (Wildman–Crippen LogP) is 4.85. The Morgan fingerprint density at radius 1 is 1.04 bits per heavy atom. The average Bonchev–Trinajstić information content (AvgIpc) is 3.06. The molecule has 0 atom stereocenters. The number of aromatic nitrogens is 1. The van der Waals surface area contributed by atoms with Crippen LogP contribution in [0.1, 0.15) is 17.6 Å². The van der Waals surface area contributed by atoms with Gasteiger partial charge in [-0.05, 0) is 49.8 Å². The Morgan fingerprint density at radius 2 is 1.60 bits per heavy atom. The van der Waals surface area contributed by atoms with Crippen LogP contribution in [0.3, 0.4) is 0 Å². The Kier molecular flexibility index (Phi) is 5.42. The molecule has 0 aliphatic heterocycles. The number of thiazole rings is 1. The fourth-order valence-corrected chi connectivity index (χ4v) is 5.06. The van der Waals surface area contributed by atoms with E-state index in [0.29, 0.717) is 0 Å². The van der Waals surface area contributed by atoms with E-state index in [1.165, 1.54) is 0 Å². The van der Waals surface area contributed by atoms with Crippen molar-refractivity contribution in [1.29, 1.82) is 0 Å². The van der Waals surface area contributed by atoms with Crippen LogP contribution in [0, 0.1) is 6.92 Å². The van der Waals surface area contributed by atoms with Crippen molar-refractivity contribution in [3.63, 3.8) is 0 Å². The molecule has 5 heteroatoms. The van der Waals surface area contributed by atoms with Crippen LogP contribution in [0.5, 0.6) is 0 Å². The predicted molar refractivity (Wildman–Crippen MR) is 109 cm³/mol. The molecule has 0 aliphatic rings. The summed E-state index contributed by atoms with van der Waals surface area (Å²) in [5.74, 6) is 0. The summed E-state index contributed by atoms with van der Waals surface area (Å²) in [6, 6.07) is 18.9. The van der Waals surface area contributed by atoms with Gasteiger partial charge >= 0.3 is 0 Å². The molecular formula is C20H19N2OPS. The lowest BCUT2D eigenvalue weighted by atomic mass is 10.3. The summed E-state index contributed by atoms with van der Waals surface area (Å²) in [4.78, 5) is 4.42. The highest BCUT2D eigenvalue weighted by molar-refractivity contribution is 7.77. The summed E-state index contributed by atoms with van der Waals surface area (Å²) in [6.07, 6.45) is 3.64. The number of nitrogens with zero attached hydrogens (tertiary/aromatic N) is 2. The molecule has 0 N–H and O–H groups in total. The lowest BCUT2D eigenvalue weighted by Gasteiger charge is -2.14. The molecule has 0 fully saturated rings. The molecule has 1 heterocycles. The average molecular weight is 366 g/mol. The molecule has 2 aromatic carbocycles. The molecule has 3 nitrogen and oxygen atoms in total. The lowest BCUT2D eigenvalue weighted by Crippen LogP contribution is -2.14. The van der Waals surface area contributed by atoms with Crippen LogP contribution in [0.15, 0.2) is 76.4 Å². The molecule has 0 saturated carbocycles. The zero-order chi connectivity index (χ0) is 17.7. The maximum Gasteiger partial charge on any atom is 0.247 e. The SMILES string of the molecule is CC(C=NP(=O)(c1ccccc1)c1ccccc1)=Cc1csc(C)n1. The van der Waals surface area contributed by atoms with Crippen LogP contribution in [-0.4, -0.2) is 11.2 Å². The van der Waals surface area contributed by atoms with E-state index >= 15 is 0 Å². The molecule has 0 aliphatic carbocycles. The largest absolute Gasteiger partial charge is 0.288 e. The van der Waals surface area contributed by atoms with Gasteiger partial charge in [0, 0.05) is 22.2 Å². The first-order valence-corrected chi connectivity index (χ1v) is 10.5. The van der Waals surface area contributed by atoms with Crippen LogP contribution in [0.25, 0.3) is 6.08 Å². The maximum absolute atomic E-state index is 13.7. The smallest absolute Gasteiger partial charge is 0.247 e. The van der Waals surface area contributed by atoms with Crippen molar-refractivity contribution < 1.29 is 4.57 Å². The molecule has 0 amide bonds. The summed E-state index contributed by atoms with van der Waals surface area (Å²) < 4.78 is 18.3. The topological polar surface area (TPSA) is 42.3 Å². The van der Waals surface area contributed by atoms with Crippen LogP contribution >= 0.6 is 18.6 Å². The molecule has 3 rings (SSSR count). The quantitative estimate of drug-likeness (QED) is 0.478. The molecule has 3 aromatic rings. The summed E-state index contributed by atoms with van der Waals surface area (Å²) >= 11 is 1.61. The van der Waals surface area contributed by atoms with Gasteiger partial charge in [-0.2, -0.15) is 0 Å². The van der Waals surface area contributed by atoms with Gasteiger partial charge in [0.05, 0.1) is 10.7 Å². The summed E-state index contributed by atoms with van der Waals surface area (Å²) in [5.41, 5.74) is 1.82. The minimum absolute atomic E-state index is 0.731. The van der Waals surface area contributed by atoms with Gasteiger partial charge in [0.25, 0.3) is 0 Å². The van der Waals surface area contributed by atoms with Crippen molar-refractivity contribution in [1.82, 2.24) is 4.98 Å². The number of rotatable bonds is 5. The lowest BCUT2D eigenvalue weighted by molar-refractivity contribution is 0.588. The van der Waals surface area contributed by atoms with Crippen molar-refractivity contribution in [2.24, 2.45) is 4.76 Å². The van der Waals surface area contributed by atoms with Crippen LogP contribution < -0.4 is 10.6 Å². The Hall–Kier alpha value is -2.29. The molecule has 0 saturated heterocycles. The zero-order valence-electron chi connectivity index (χ0n) is 14.2. The van der Waals surface area contributed by atoms with Gasteiger partial charge in [-0.15, -0.1) is 11.3 Å². The summed E-state index contributed by atoms with van der Waals surface area (Å²) in [6.45, 7) is 3.92. The molecule has 1 aromatic heterocycles. The first kappa shape index (κ1) is 17.5. The van der Waals surface area contributed by atoms with Gasteiger partial charge in [-0.3, -0.25) is 4.57 Å². The third kappa shape index (κ3) is 4.22. The fourth-order valence-electron chi connectivity index (χ4n) is 2.43. The van der Waals surface area contributed by atoms with E-state index in [4.69, 9.17) is 0 Å². The van der Waals surface area contributed by atoms with Crippen LogP contribution in [0.2, 0.25) is 0 Å². The Labute approximate surface area is 152 Å². The second-order valence-corrected chi connectivity index (χ2v) is 9.15. The number of aryl methyl sites for hydroxylation is 1. The standard InChI is InChI=1S/C20H19N2OPS/c1-16(13-18-15-25-17(2)22-18)14-21-24(23,19-9-5-3-6-10-19)20-11-7-4-8-12-20/h3-15H,1-2H3. The van der Waals surface area contributed by atoms with Crippen molar-refractivity contribution in [3.05, 3.63) is 82.3 Å². The van der Waals surface area contributed by atoms with E-state index in [2.05, 4.69) is 9.75 Å². The van der Waals surface area contributed by atoms with Gasteiger partial charge in [-0.25, -0.2) is 9.75 Å². The second kappa shape index (κ2) is 7.73. The highest BCUT2D eigenvalue weighted by Gasteiger charge is 2.25. The van der Waals surface area contributed by atoms with Gasteiger partial charge in [0.1, 0.15) is 0 Å². The first-order chi connectivity index (χ1) is 12.1. The number of hydrogen-bond acceptors (Lipinski definition) is 3. The van der Waals surface area contributed by atoms with Crippen molar-refractivity contribution in [2.75, 3.05) is 0 Å². The Bertz CT molecular complexity index is 903. The van der Waals surface area contributed by atoms with E-state index in [0.717, 1.165) is 26.9 Å². The highest BCUT2D eigenvalue weighted by Crippen LogP contribution is 2.44. The van der Waals surface area contributed by atoms with Gasteiger partial charge in [0.15, 0.2) is 0 Å². The fraction of sp³-hybridized carbons (Fsp3) is 0.100. The Balaban J connectivity index is 1.99. The molecule has 0 spiro atoms. The number of benzene rings is 2. The molecule has 25 heavy (non-hydrogen) atoms. The molecule has 126 valence electrons. The van der Waals surface area contributed by atoms with Crippen molar-refractivity contribution in [2.45, 2.75) is 13.8 Å². The van der Waals surface area contributed by atoms with E-state index in [1.807, 2.05) is 86.0 Å². The van der Waals surface area contributed by atoms with Crippen molar-refractivity contribution >= 4 is 41.5 Å². The monoisotopic (exact) mass is 366 g/mol. The first-order valence-electron chi connectivity index (χ1n) is 7.95. The molecule has 0 unspecified atom stereocenters. The molecule has 0 bridgehead atoms. The van der Waals surface area contributed by atoms with Gasteiger partial charge in [0.2, 0.25) is 7.29 Å². The van der Waals surface area contributed by atoms with Gasteiger partial charge in [-0.1, -0.05) is 36.4 Å². The van der Waals surface area contributed by atoms with E-state index in [9.17, 15) is 4.57 Å². The molecule has 0 radical (unpaired) electrons. The van der Waals surface area contributed by atoms with Gasteiger partial charge < -0.3 is 0 Å². The summed E-state index contributed by atoms with van der Waals surface area (Å²) in [5, 5.41) is 4.49.